The third-order valence-electron chi connectivity index (χ3n) is 1.90. The van der Waals surface area contributed by atoms with Crippen LogP contribution in [-0.4, -0.2) is 0 Å². The molecule has 0 fully saturated rings. The number of nitrogens with one attached hydrogen (secondary N) is 1. The average molecular weight is 132 g/mol. The van der Waals surface area contributed by atoms with Gasteiger partial charge in [0, 0.05) is 13.1 Å². The second-order valence-corrected chi connectivity index (χ2v) is 2.71. The molecule has 0 unspecified atom stereocenters. The Hall–Kier alpha value is -0.820. The normalized spacial score (nSPS) is 15.3. The van der Waals surface area contributed by atoms with Crippen LogP contribution in [0.4, 0.5) is 0 Å². The van der Waals surface area contributed by atoms with Crippen LogP contribution in [0.3, 0.4) is 0 Å². The summed E-state index contributed by atoms with van der Waals surface area (Å²) in [6, 6.07) is 6.36. The molecule has 1 nitrogen and oxygen atoms in total. The molecule has 0 atom stereocenters. The van der Waals surface area contributed by atoms with E-state index in [2.05, 4.69) is 30.4 Å². The van der Waals surface area contributed by atoms with E-state index in [0.29, 0.717) is 0 Å². The molecule has 0 saturated heterocycles. The largest absolute Gasteiger partial charge is 0.309 e. The zero-order chi connectivity index (χ0) is 6.97. The Morgan fingerprint density at radius 2 is 2.00 bits per heavy atom. The summed E-state index contributed by atoms with van der Waals surface area (Å²) in [7, 11) is 0. The molecule has 1 radical (unpaired) electrons. The van der Waals surface area contributed by atoms with Crippen molar-refractivity contribution in [3.8, 4) is 0 Å². The lowest BCUT2D eigenvalue weighted by Gasteiger charge is -1.96. The van der Waals surface area contributed by atoms with Gasteiger partial charge in [0.1, 0.15) is 0 Å². The number of hydrogen-bond donors (Lipinski definition) is 1. The van der Waals surface area contributed by atoms with E-state index in [-0.39, 0.29) is 0 Å². The highest BCUT2D eigenvalue weighted by molar-refractivity contribution is 5.35. The lowest BCUT2D eigenvalue weighted by molar-refractivity contribution is 0.765. The van der Waals surface area contributed by atoms with Crippen LogP contribution in [0.15, 0.2) is 18.2 Å². The highest BCUT2D eigenvalue weighted by Gasteiger charge is 2.07. The highest BCUT2D eigenvalue weighted by atomic mass is 14.9. The molecule has 1 aromatic rings. The first-order chi connectivity index (χ1) is 4.86. The van der Waals surface area contributed by atoms with Crippen LogP contribution in [0.25, 0.3) is 0 Å². The van der Waals surface area contributed by atoms with Gasteiger partial charge in [0.2, 0.25) is 0 Å². The summed E-state index contributed by atoms with van der Waals surface area (Å²) in [5.41, 5.74) is 3.95. The summed E-state index contributed by atoms with van der Waals surface area (Å²) in [6.45, 7) is 5.91. The van der Waals surface area contributed by atoms with Crippen LogP contribution < -0.4 is 5.32 Å². The molecule has 0 aliphatic carbocycles. The molecule has 1 aliphatic rings. The fourth-order valence-electron chi connectivity index (χ4n) is 1.35. The quantitative estimate of drug-likeness (QED) is 0.563. The second kappa shape index (κ2) is 2.10. The molecule has 0 spiro atoms. The van der Waals surface area contributed by atoms with Crippen LogP contribution in [-0.2, 0) is 13.1 Å². The van der Waals surface area contributed by atoms with Gasteiger partial charge in [-0.05, 0) is 23.6 Å². The number of rotatable bonds is 0. The Morgan fingerprint density at radius 3 is 2.90 bits per heavy atom. The molecule has 0 amide bonds. The minimum atomic E-state index is 1.01. The van der Waals surface area contributed by atoms with Crippen LogP contribution in [0.5, 0.6) is 0 Å². The highest BCUT2D eigenvalue weighted by Crippen LogP contribution is 2.15. The van der Waals surface area contributed by atoms with Crippen molar-refractivity contribution < 1.29 is 0 Å². The topological polar surface area (TPSA) is 12.0 Å². The lowest BCUT2D eigenvalue weighted by atomic mass is 10.1. The van der Waals surface area contributed by atoms with Crippen LogP contribution >= 0.6 is 0 Å². The molecule has 0 bridgehead atoms. The molecular formula is C9H10N. The molecule has 2 rings (SSSR count). The van der Waals surface area contributed by atoms with Crippen molar-refractivity contribution in [1.29, 1.82) is 0 Å². The van der Waals surface area contributed by atoms with Crippen LogP contribution in [0.2, 0.25) is 0 Å². The summed E-state index contributed by atoms with van der Waals surface area (Å²) in [5, 5.41) is 3.29. The van der Waals surface area contributed by atoms with Gasteiger partial charge in [0.05, 0.1) is 0 Å². The molecule has 0 saturated carbocycles. The van der Waals surface area contributed by atoms with Gasteiger partial charge < -0.3 is 5.32 Å². The Bertz CT molecular complexity index is 253. The average Bonchev–Trinajstić information content (AvgIpc) is 2.33. The Labute approximate surface area is 61.1 Å². The van der Waals surface area contributed by atoms with Crippen molar-refractivity contribution in [1.82, 2.24) is 5.32 Å². The smallest absolute Gasteiger partial charge is 0.0212 e. The zero-order valence-electron chi connectivity index (χ0n) is 5.85. The van der Waals surface area contributed by atoms with E-state index in [4.69, 9.17) is 0 Å². The summed E-state index contributed by atoms with van der Waals surface area (Å²) in [4.78, 5) is 0. The maximum absolute atomic E-state index is 3.87. The van der Waals surface area contributed by atoms with Crippen LogP contribution in [0, 0.1) is 6.92 Å². The van der Waals surface area contributed by atoms with E-state index in [1.54, 1.807) is 0 Å². The first-order valence-corrected chi connectivity index (χ1v) is 3.51. The summed E-state index contributed by atoms with van der Waals surface area (Å²) >= 11 is 0. The Balaban J connectivity index is 2.52. The third-order valence-corrected chi connectivity index (χ3v) is 1.90. The van der Waals surface area contributed by atoms with E-state index in [9.17, 15) is 0 Å². The SMILES string of the molecule is [CH2]c1ccc2c(c1)CNC2. The van der Waals surface area contributed by atoms with E-state index >= 15 is 0 Å². The number of hydrogen-bond acceptors (Lipinski definition) is 1. The predicted molar refractivity (Wildman–Crippen MR) is 41.4 cm³/mol. The van der Waals surface area contributed by atoms with Crippen molar-refractivity contribution in [2.75, 3.05) is 0 Å². The van der Waals surface area contributed by atoms with E-state index < -0.39 is 0 Å². The standard InChI is InChI=1S/C9H10N/c1-7-2-3-8-5-10-6-9(8)4-7/h2-4,10H,1,5-6H2. The molecule has 0 aromatic heterocycles. The van der Waals surface area contributed by atoms with Gasteiger partial charge in [-0.3, -0.25) is 0 Å². The van der Waals surface area contributed by atoms with Crippen molar-refractivity contribution in [3.63, 3.8) is 0 Å². The van der Waals surface area contributed by atoms with E-state index in [0.717, 1.165) is 18.7 Å². The van der Waals surface area contributed by atoms with Gasteiger partial charge in [-0.2, -0.15) is 0 Å². The molecular weight excluding hydrogens is 122 g/mol. The first kappa shape index (κ1) is 5.93. The van der Waals surface area contributed by atoms with Gasteiger partial charge in [0.15, 0.2) is 0 Å². The summed E-state index contributed by atoms with van der Waals surface area (Å²) in [6.07, 6.45) is 0. The zero-order valence-corrected chi connectivity index (χ0v) is 5.85. The molecule has 1 heteroatoms. The molecule has 51 valence electrons. The molecule has 1 N–H and O–H groups in total. The van der Waals surface area contributed by atoms with Gasteiger partial charge in [-0.15, -0.1) is 0 Å². The minimum absolute atomic E-state index is 1.01. The minimum Gasteiger partial charge on any atom is -0.309 e. The third kappa shape index (κ3) is 0.830. The maximum Gasteiger partial charge on any atom is 0.0212 e. The van der Waals surface area contributed by atoms with Crippen molar-refractivity contribution in [3.05, 3.63) is 41.8 Å². The number of benzene rings is 1. The monoisotopic (exact) mass is 132 g/mol. The number of fused-ring (bicyclic) bond motifs is 1. The van der Waals surface area contributed by atoms with Crippen LogP contribution in [0.1, 0.15) is 16.7 Å². The van der Waals surface area contributed by atoms with Crippen molar-refractivity contribution in [2.45, 2.75) is 13.1 Å². The Kier molecular flexibility index (Phi) is 1.24. The van der Waals surface area contributed by atoms with Gasteiger partial charge >= 0.3 is 0 Å². The Morgan fingerprint density at radius 1 is 1.20 bits per heavy atom. The first-order valence-electron chi connectivity index (χ1n) is 3.51. The van der Waals surface area contributed by atoms with E-state index in [1.165, 1.54) is 11.1 Å². The lowest BCUT2D eigenvalue weighted by Crippen LogP contribution is -1.99. The fraction of sp³-hybridized carbons (Fsp3) is 0.222. The van der Waals surface area contributed by atoms with E-state index in [1.807, 2.05) is 0 Å². The second-order valence-electron chi connectivity index (χ2n) is 2.71. The predicted octanol–water partition coefficient (Wildman–Crippen LogP) is 1.47. The summed E-state index contributed by atoms with van der Waals surface area (Å²) in [5.74, 6) is 0. The fourth-order valence-corrected chi connectivity index (χ4v) is 1.35. The molecule has 1 aliphatic heterocycles. The van der Waals surface area contributed by atoms with Gasteiger partial charge in [-0.1, -0.05) is 18.2 Å². The maximum atomic E-state index is 3.87. The van der Waals surface area contributed by atoms with Gasteiger partial charge in [0.25, 0.3) is 0 Å². The van der Waals surface area contributed by atoms with Crippen molar-refractivity contribution in [2.24, 2.45) is 0 Å². The van der Waals surface area contributed by atoms with Gasteiger partial charge in [-0.25, -0.2) is 0 Å². The molecule has 10 heavy (non-hydrogen) atoms. The van der Waals surface area contributed by atoms with Crippen molar-refractivity contribution >= 4 is 0 Å². The molecule has 1 heterocycles. The molecule has 1 aromatic carbocycles. The summed E-state index contributed by atoms with van der Waals surface area (Å²) < 4.78 is 0.